The highest BCUT2D eigenvalue weighted by molar-refractivity contribution is 9.10. The van der Waals surface area contributed by atoms with Crippen molar-refractivity contribution in [3.63, 3.8) is 0 Å². The van der Waals surface area contributed by atoms with Crippen molar-refractivity contribution in [3.05, 3.63) is 76.3 Å². The summed E-state index contributed by atoms with van der Waals surface area (Å²) < 4.78 is 6.49. The van der Waals surface area contributed by atoms with E-state index in [0.29, 0.717) is 13.1 Å². The van der Waals surface area contributed by atoms with Crippen LogP contribution in [0.2, 0.25) is 0 Å². The normalized spacial score (nSPS) is 16.6. The van der Waals surface area contributed by atoms with Gasteiger partial charge in [0, 0.05) is 37.2 Å². The Labute approximate surface area is 226 Å². The Bertz CT molecular complexity index is 1400. The van der Waals surface area contributed by atoms with Crippen molar-refractivity contribution in [3.8, 4) is 17.6 Å². The highest BCUT2D eigenvalue weighted by atomic mass is 79.9. The first-order valence-corrected chi connectivity index (χ1v) is 13.5. The molecule has 0 N–H and O–H groups in total. The number of carbonyl (C=O) groups excluding carboxylic acids is 1. The molecular weight excluding hydrogens is 528 g/mol. The van der Waals surface area contributed by atoms with Crippen LogP contribution in [0.4, 0.5) is 22.7 Å². The molecule has 0 unspecified atom stereocenters. The second kappa shape index (κ2) is 10.1. The lowest BCUT2D eigenvalue weighted by atomic mass is 10.1. The van der Waals surface area contributed by atoms with E-state index in [1.54, 1.807) is 7.11 Å². The molecule has 3 heterocycles. The van der Waals surface area contributed by atoms with Gasteiger partial charge in [-0.15, -0.1) is 0 Å². The smallest absolute Gasteiger partial charge is 0.261 e. The van der Waals surface area contributed by atoms with Crippen LogP contribution in [0.15, 0.2) is 65.1 Å². The molecule has 188 valence electrons. The first-order valence-electron chi connectivity index (χ1n) is 12.7. The molecule has 3 aromatic carbocycles. The molecule has 3 aliphatic heterocycles. The van der Waals surface area contributed by atoms with Gasteiger partial charge in [-0.3, -0.25) is 14.6 Å². The number of hydrogen-bond acceptors (Lipinski definition) is 5. The molecule has 0 radical (unpaired) electrons. The maximum absolute atomic E-state index is 13.7. The number of amides is 1. The third-order valence-corrected chi connectivity index (χ3v) is 7.95. The van der Waals surface area contributed by atoms with Crippen LogP contribution in [0.3, 0.4) is 0 Å². The van der Waals surface area contributed by atoms with Gasteiger partial charge in [0.1, 0.15) is 5.75 Å². The van der Waals surface area contributed by atoms with Crippen LogP contribution in [0.5, 0.6) is 5.75 Å². The fourth-order valence-electron chi connectivity index (χ4n) is 5.56. The zero-order chi connectivity index (χ0) is 25.4. The number of hydrogen-bond donors (Lipinski definition) is 0. The van der Waals surface area contributed by atoms with Crippen molar-refractivity contribution >= 4 is 44.6 Å². The van der Waals surface area contributed by atoms with Crippen LogP contribution in [0.25, 0.3) is 0 Å². The highest BCUT2D eigenvalue weighted by Crippen LogP contribution is 2.46. The molecule has 0 bridgehead atoms. The largest absolute Gasteiger partial charge is 0.495 e. The molecule has 1 amide bonds. The summed E-state index contributed by atoms with van der Waals surface area (Å²) in [6.07, 6.45) is 0.954. The maximum Gasteiger partial charge on any atom is 0.261 e. The van der Waals surface area contributed by atoms with Crippen LogP contribution in [-0.2, 0) is 6.42 Å². The second-order valence-electron chi connectivity index (χ2n) is 9.53. The number of para-hydroxylation sites is 3. The van der Waals surface area contributed by atoms with Gasteiger partial charge in [-0.2, -0.15) is 0 Å². The summed E-state index contributed by atoms with van der Waals surface area (Å²) in [5, 5.41) is 0. The summed E-state index contributed by atoms with van der Waals surface area (Å²) in [7, 11) is 1.72. The fraction of sp³-hybridized carbons (Fsp3) is 0.300. The van der Waals surface area contributed by atoms with Crippen molar-refractivity contribution in [1.29, 1.82) is 0 Å². The molecule has 0 spiro atoms. The Morgan fingerprint density at radius 2 is 1.68 bits per heavy atom. The number of carbonyl (C=O) groups is 1. The van der Waals surface area contributed by atoms with E-state index in [1.165, 1.54) is 5.56 Å². The molecule has 0 aromatic heterocycles. The third kappa shape index (κ3) is 4.45. The summed E-state index contributed by atoms with van der Waals surface area (Å²) >= 11 is 3.61. The number of anilines is 4. The Kier molecular flexibility index (Phi) is 6.54. The molecule has 0 aliphatic carbocycles. The maximum atomic E-state index is 13.7. The predicted octanol–water partition coefficient (Wildman–Crippen LogP) is 4.94. The summed E-state index contributed by atoms with van der Waals surface area (Å²) in [5.74, 6) is 7.57. The number of halogens is 1. The van der Waals surface area contributed by atoms with Gasteiger partial charge < -0.3 is 14.5 Å². The van der Waals surface area contributed by atoms with Crippen LogP contribution >= 0.6 is 15.9 Å². The molecule has 3 aromatic rings. The second-order valence-corrected chi connectivity index (χ2v) is 10.4. The van der Waals surface area contributed by atoms with Crippen molar-refractivity contribution < 1.29 is 9.53 Å². The van der Waals surface area contributed by atoms with Crippen LogP contribution in [0.1, 0.15) is 15.9 Å². The fourth-order valence-corrected chi connectivity index (χ4v) is 5.91. The minimum atomic E-state index is 0.0142. The number of nitrogens with zero attached hydrogens (tertiary/aromatic N) is 4. The average molecular weight is 557 g/mol. The number of fused-ring (bicyclic) bond motifs is 2. The van der Waals surface area contributed by atoms with E-state index in [9.17, 15) is 4.79 Å². The standard InChI is InChI=1S/C30H29BrN4O2/c1-37-28-10-3-2-9-26(28)33-19-17-32(18-20-33)14-4-5-15-35-27-21-23(31)11-12-25(27)34-16-13-22-7-6-8-24(29(22)34)30(35)36/h2-3,6-12,21H,13-20H2,1H3. The van der Waals surface area contributed by atoms with E-state index < -0.39 is 0 Å². The molecule has 0 atom stereocenters. The quantitative estimate of drug-likeness (QED) is 0.426. The number of ether oxygens (including phenoxy) is 1. The summed E-state index contributed by atoms with van der Waals surface area (Å²) in [6, 6.07) is 20.4. The summed E-state index contributed by atoms with van der Waals surface area (Å²) in [6.45, 7) is 5.69. The van der Waals surface area contributed by atoms with E-state index in [1.807, 2.05) is 41.3 Å². The first kappa shape index (κ1) is 23.9. The van der Waals surface area contributed by atoms with Crippen LogP contribution in [0, 0.1) is 11.8 Å². The molecule has 6 nitrogen and oxygen atoms in total. The molecule has 7 heteroatoms. The minimum Gasteiger partial charge on any atom is -0.495 e. The van der Waals surface area contributed by atoms with Gasteiger partial charge in [-0.05, 0) is 48.4 Å². The van der Waals surface area contributed by atoms with Crippen molar-refractivity contribution in [2.24, 2.45) is 0 Å². The van der Waals surface area contributed by atoms with Crippen molar-refractivity contribution in [2.45, 2.75) is 6.42 Å². The molecule has 1 fully saturated rings. The van der Waals surface area contributed by atoms with Crippen molar-refractivity contribution in [1.82, 2.24) is 4.90 Å². The lowest BCUT2D eigenvalue weighted by Crippen LogP contribution is -2.46. The average Bonchev–Trinajstić information content (AvgIpc) is 3.33. The van der Waals surface area contributed by atoms with E-state index in [2.05, 4.69) is 66.7 Å². The van der Waals surface area contributed by atoms with Gasteiger partial charge in [0.25, 0.3) is 5.91 Å². The SMILES string of the molecule is COc1ccccc1N1CCN(CC#CCN2C(=O)c3cccc4c3N(CC4)c3ccc(Br)cc32)CC1. The lowest BCUT2D eigenvalue weighted by molar-refractivity contribution is 0.0991. The third-order valence-electron chi connectivity index (χ3n) is 7.45. The Morgan fingerprint density at radius 3 is 2.51 bits per heavy atom. The monoisotopic (exact) mass is 556 g/mol. The zero-order valence-electron chi connectivity index (χ0n) is 20.9. The van der Waals surface area contributed by atoms with E-state index in [-0.39, 0.29) is 5.91 Å². The van der Waals surface area contributed by atoms with Crippen molar-refractivity contribution in [2.75, 3.05) is 67.6 Å². The molecule has 1 saturated heterocycles. The van der Waals surface area contributed by atoms with E-state index >= 15 is 0 Å². The van der Waals surface area contributed by atoms with Crippen LogP contribution < -0.4 is 19.4 Å². The molecular formula is C30H29BrN4O2. The predicted molar refractivity (Wildman–Crippen MR) is 152 cm³/mol. The molecule has 0 saturated carbocycles. The number of piperazine rings is 1. The molecule has 6 rings (SSSR count). The van der Waals surface area contributed by atoms with Gasteiger partial charge in [0.15, 0.2) is 0 Å². The Balaban J connectivity index is 1.16. The Hall–Kier alpha value is -3.47. The summed E-state index contributed by atoms with van der Waals surface area (Å²) in [4.78, 5) is 22.6. The zero-order valence-corrected chi connectivity index (χ0v) is 22.5. The number of benzene rings is 3. The first-order chi connectivity index (χ1) is 18.1. The van der Waals surface area contributed by atoms with Crippen LogP contribution in [-0.4, -0.2) is 63.7 Å². The molecule has 3 aliphatic rings. The summed E-state index contributed by atoms with van der Waals surface area (Å²) in [5.41, 5.74) is 6.17. The van der Waals surface area contributed by atoms with Gasteiger partial charge in [0.05, 0.1) is 48.5 Å². The lowest BCUT2D eigenvalue weighted by Gasteiger charge is -2.35. The Morgan fingerprint density at radius 1 is 0.865 bits per heavy atom. The minimum absolute atomic E-state index is 0.0142. The van der Waals surface area contributed by atoms with Gasteiger partial charge in [-0.1, -0.05) is 52.0 Å². The molecule has 37 heavy (non-hydrogen) atoms. The van der Waals surface area contributed by atoms with E-state index in [0.717, 1.165) is 77.7 Å². The number of methoxy groups -OCH3 is 1. The van der Waals surface area contributed by atoms with E-state index in [4.69, 9.17) is 4.74 Å². The number of rotatable bonds is 4. The topological polar surface area (TPSA) is 39.3 Å². The van der Waals surface area contributed by atoms with Gasteiger partial charge >= 0.3 is 0 Å². The van der Waals surface area contributed by atoms with Gasteiger partial charge in [-0.25, -0.2) is 0 Å². The van der Waals surface area contributed by atoms with Gasteiger partial charge in [0.2, 0.25) is 0 Å². The highest BCUT2D eigenvalue weighted by Gasteiger charge is 2.34.